The van der Waals surface area contributed by atoms with E-state index in [0.29, 0.717) is 17.0 Å². The van der Waals surface area contributed by atoms with Crippen molar-refractivity contribution in [2.75, 3.05) is 0 Å². The van der Waals surface area contributed by atoms with E-state index in [1.807, 2.05) is 13.8 Å². The monoisotopic (exact) mass is 306 g/mol. The third kappa shape index (κ3) is 2.94. The number of amidine groups is 1. The minimum absolute atomic E-state index is 0.0563. The Kier molecular flexibility index (Phi) is 4.73. The van der Waals surface area contributed by atoms with Crippen molar-refractivity contribution >= 4 is 17.7 Å². The van der Waals surface area contributed by atoms with Crippen molar-refractivity contribution in [2.45, 2.75) is 65.3 Å². The van der Waals surface area contributed by atoms with Gasteiger partial charge in [0.2, 0.25) is 0 Å². The van der Waals surface area contributed by atoms with Crippen molar-refractivity contribution in [2.24, 2.45) is 16.8 Å². The van der Waals surface area contributed by atoms with Gasteiger partial charge >= 0.3 is 5.97 Å². The topological polar surface area (TPSA) is 78.8 Å². The van der Waals surface area contributed by atoms with E-state index in [1.54, 1.807) is 13.8 Å². The van der Waals surface area contributed by atoms with E-state index in [-0.39, 0.29) is 17.7 Å². The molecule has 0 radical (unpaired) electrons. The molecule has 0 aromatic rings. The fourth-order valence-corrected chi connectivity index (χ4v) is 3.27. The molecule has 1 aliphatic heterocycles. The second-order valence-electron chi connectivity index (χ2n) is 6.90. The highest BCUT2D eigenvalue weighted by Crippen LogP contribution is 2.33. The molecule has 0 bridgehead atoms. The first-order chi connectivity index (χ1) is 10.3. The molecule has 1 fully saturated rings. The fraction of sp³-hybridized carbons (Fsp3) is 0.706. The van der Waals surface area contributed by atoms with Gasteiger partial charge in [-0.25, -0.2) is 4.79 Å². The Morgan fingerprint density at radius 2 is 1.91 bits per heavy atom. The van der Waals surface area contributed by atoms with Gasteiger partial charge in [0.1, 0.15) is 11.4 Å². The molecule has 1 saturated carbocycles. The van der Waals surface area contributed by atoms with E-state index in [9.17, 15) is 14.7 Å². The van der Waals surface area contributed by atoms with Gasteiger partial charge in [-0.15, -0.1) is 0 Å². The SMILES string of the molecule is CC(C1=NC(C)(C(C)C)C(=O)N1)=C(C(=O)O)C1CCCCC1. The third-order valence-corrected chi connectivity index (χ3v) is 5.16. The number of carbonyl (C=O) groups is 2. The molecule has 0 spiro atoms. The Bertz CT molecular complexity index is 542. The highest BCUT2D eigenvalue weighted by molar-refractivity contribution is 6.17. The Morgan fingerprint density at radius 1 is 1.32 bits per heavy atom. The van der Waals surface area contributed by atoms with Gasteiger partial charge in [-0.2, -0.15) is 0 Å². The summed E-state index contributed by atoms with van der Waals surface area (Å²) in [7, 11) is 0. The van der Waals surface area contributed by atoms with E-state index < -0.39 is 11.5 Å². The summed E-state index contributed by atoms with van der Waals surface area (Å²) in [6, 6.07) is 0. The lowest BCUT2D eigenvalue weighted by Gasteiger charge is -2.24. The zero-order valence-corrected chi connectivity index (χ0v) is 13.9. The maximum atomic E-state index is 12.2. The lowest BCUT2D eigenvalue weighted by molar-refractivity contribution is -0.133. The normalized spacial score (nSPS) is 27.5. The minimum Gasteiger partial charge on any atom is -0.478 e. The molecular weight excluding hydrogens is 280 g/mol. The molecule has 2 aliphatic rings. The van der Waals surface area contributed by atoms with Crippen LogP contribution in [0.15, 0.2) is 16.1 Å². The molecule has 0 aromatic carbocycles. The van der Waals surface area contributed by atoms with Crippen LogP contribution in [0, 0.1) is 11.8 Å². The molecule has 1 amide bonds. The molecule has 5 heteroatoms. The summed E-state index contributed by atoms with van der Waals surface area (Å²) in [5.74, 6) is -0.480. The standard InChI is InChI=1S/C17H26N2O3/c1-10(2)17(4)16(22)18-14(19-17)11(3)13(15(20)21)12-8-6-5-7-9-12/h10,12H,5-9H2,1-4H3,(H,20,21)(H,18,19,22). The number of hydrogen-bond donors (Lipinski definition) is 2. The Balaban J connectivity index is 2.39. The summed E-state index contributed by atoms with van der Waals surface area (Å²) in [6.07, 6.45) is 5.11. The van der Waals surface area contributed by atoms with E-state index in [0.717, 1.165) is 25.7 Å². The maximum absolute atomic E-state index is 12.2. The van der Waals surface area contributed by atoms with Gasteiger partial charge < -0.3 is 10.4 Å². The first-order valence-corrected chi connectivity index (χ1v) is 8.13. The van der Waals surface area contributed by atoms with Crippen LogP contribution in [0.5, 0.6) is 0 Å². The molecule has 1 atom stereocenters. The first-order valence-electron chi connectivity index (χ1n) is 8.13. The molecular formula is C17H26N2O3. The number of hydrogen-bond acceptors (Lipinski definition) is 3. The molecule has 1 unspecified atom stereocenters. The number of aliphatic imine (C=N–C) groups is 1. The van der Waals surface area contributed by atoms with E-state index >= 15 is 0 Å². The second kappa shape index (κ2) is 6.23. The predicted molar refractivity (Wildman–Crippen MR) is 85.7 cm³/mol. The summed E-state index contributed by atoms with van der Waals surface area (Å²) in [5.41, 5.74) is 0.219. The number of carboxylic acids is 1. The lowest BCUT2D eigenvalue weighted by Crippen LogP contribution is -2.41. The van der Waals surface area contributed by atoms with Crippen molar-refractivity contribution < 1.29 is 14.7 Å². The van der Waals surface area contributed by atoms with Gasteiger partial charge in [0.25, 0.3) is 5.91 Å². The summed E-state index contributed by atoms with van der Waals surface area (Å²) >= 11 is 0. The fourth-order valence-electron chi connectivity index (χ4n) is 3.27. The smallest absolute Gasteiger partial charge is 0.332 e. The molecule has 22 heavy (non-hydrogen) atoms. The molecule has 0 saturated heterocycles. The largest absolute Gasteiger partial charge is 0.478 e. The van der Waals surface area contributed by atoms with Gasteiger partial charge in [-0.3, -0.25) is 9.79 Å². The van der Waals surface area contributed by atoms with Crippen molar-refractivity contribution in [3.63, 3.8) is 0 Å². The Hall–Kier alpha value is -1.65. The molecule has 5 nitrogen and oxygen atoms in total. The Labute approximate surface area is 131 Å². The number of nitrogens with one attached hydrogen (secondary N) is 1. The van der Waals surface area contributed by atoms with E-state index in [2.05, 4.69) is 10.3 Å². The molecule has 2 N–H and O–H groups in total. The number of aliphatic carboxylic acids is 1. The molecule has 2 rings (SSSR count). The zero-order valence-electron chi connectivity index (χ0n) is 13.9. The number of nitrogens with zero attached hydrogens (tertiary/aromatic N) is 1. The third-order valence-electron chi connectivity index (χ3n) is 5.16. The van der Waals surface area contributed by atoms with Gasteiger partial charge in [-0.1, -0.05) is 33.1 Å². The van der Waals surface area contributed by atoms with Gasteiger partial charge in [0.15, 0.2) is 0 Å². The van der Waals surface area contributed by atoms with Crippen LogP contribution in [0.1, 0.15) is 59.8 Å². The van der Waals surface area contributed by atoms with Crippen LogP contribution in [0.3, 0.4) is 0 Å². The molecule has 1 heterocycles. The summed E-state index contributed by atoms with van der Waals surface area (Å²) in [5, 5.41) is 12.4. The van der Waals surface area contributed by atoms with Crippen LogP contribution < -0.4 is 5.32 Å². The van der Waals surface area contributed by atoms with Crippen molar-refractivity contribution in [3.8, 4) is 0 Å². The summed E-state index contributed by atoms with van der Waals surface area (Å²) in [4.78, 5) is 28.5. The quantitative estimate of drug-likeness (QED) is 0.784. The first kappa shape index (κ1) is 16.7. The zero-order chi connectivity index (χ0) is 16.5. The van der Waals surface area contributed by atoms with Gasteiger partial charge in [0.05, 0.1) is 0 Å². The van der Waals surface area contributed by atoms with E-state index in [4.69, 9.17) is 0 Å². The molecule has 122 valence electrons. The van der Waals surface area contributed by atoms with Gasteiger partial charge in [-0.05, 0) is 38.5 Å². The van der Waals surface area contributed by atoms with Crippen LogP contribution in [0.2, 0.25) is 0 Å². The van der Waals surface area contributed by atoms with Crippen LogP contribution in [0.25, 0.3) is 0 Å². The molecule has 1 aliphatic carbocycles. The van der Waals surface area contributed by atoms with Crippen molar-refractivity contribution in [1.82, 2.24) is 5.32 Å². The van der Waals surface area contributed by atoms with Crippen molar-refractivity contribution in [3.05, 3.63) is 11.1 Å². The second-order valence-corrected chi connectivity index (χ2v) is 6.90. The van der Waals surface area contributed by atoms with Crippen LogP contribution in [-0.4, -0.2) is 28.4 Å². The highest BCUT2D eigenvalue weighted by atomic mass is 16.4. The van der Waals surface area contributed by atoms with E-state index in [1.165, 1.54) is 6.42 Å². The van der Waals surface area contributed by atoms with Crippen LogP contribution in [-0.2, 0) is 9.59 Å². The average molecular weight is 306 g/mol. The average Bonchev–Trinajstić information content (AvgIpc) is 2.77. The number of carbonyl (C=O) groups excluding carboxylic acids is 1. The number of carboxylic acid groups (broad SMARTS) is 1. The van der Waals surface area contributed by atoms with Gasteiger partial charge in [0, 0.05) is 11.1 Å². The predicted octanol–water partition coefficient (Wildman–Crippen LogP) is 2.91. The summed E-state index contributed by atoms with van der Waals surface area (Å²) in [6.45, 7) is 7.46. The lowest BCUT2D eigenvalue weighted by atomic mass is 9.81. The summed E-state index contributed by atoms with van der Waals surface area (Å²) < 4.78 is 0. The molecule has 0 aromatic heterocycles. The van der Waals surface area contributed by atoms with Crippen LogP contribution >= 0.6 is 0 Å². The van der Waals surface area contributed by atoms with Crippen molar-refractivity contribution in [1.29, 1.82) is 0 Å². The minimum atomic E-state index is -0.889. The maximum Gasteiger partial charge on any atom is 0.332 e. The Morgan fingerprint density at radius 3 is 2.36 bits per heavy atom. The number of rotatable bonds is 4. The number of amides is 1. The van der Waals surface area contributed by atoms with Crippen LogP contribution in [0.4, 0.5) is 0 Å². The highest BCUT2D eigenvalue weighted by Gasteiger charge is 2.42.